The van der Waals surface area contributed by atoms with Crippen molar-refractivity contribution in [1.29, 1.82) is 0 Å². The van der Waals surface area contributed by atoms with Gasteiger partial charge in [-0.05, 0) is 143 Å². The molecule has 26 nitrogen and oxygen atoms in total. The molecule has 556 valence electrons. The van der Waals surface area contributed by atoms with Crippen molar-refractivity contribution in [3.8, 4) is 0 Å². The molecule has 0 atom stereocenters. The number of rotatable bonds is 16. The van der Waals surface area contributed by atoms with E-state index in [1.165, 1.54) is 19.1 Å². The lowest BCUT2D eigenvalue weighted by atomic mass is 9.87. The number of amides is 1. The van der Waals surface area contributed by atoms with Crippen molar-refractivity contribution in [2.24, 2.45) is 0 Å². The Morgan fingerprint density at radius 2 is 0.743 bits per heavy atom. The van der Waals surface area contributed by atoms with E-state index < -0.39 is 30.1 Å². The summed E-state index contributed by atoms with van der Waals surface area (Å²) >= 11 is 4.98. The van der Waals surface area contributed by atoms with Crippen LogP contribution in [-0.4, -0.2) is 197 Å². The predicted octanol–water partition coefficient (Wildman–Crippen LogP) is 9.83. The molecule has 16 rings (SSSR count). The summed E-state index contributed by atoms with van der Waals surface area (Å²) in [5, 5.41) is 10.7. The van der Waals surface area contributed by atoms with E-state index in [1.807, 2.05) is 66.0 Å². The second-order valence-electron chi connectivity index (χ2n) is 27.9. The summed E-state index contributed by atoms with van der Waals surface area (Å²) in [6.07, 6.45) is 4.12. The van der Waals surface area contributed by atoms with Crippen LogP contribution in [0.25, 0.3) is 41.4 Å². The summed E-state index contributed by atoms with van der Waals surface area (Å²) in [4.78, 5) is 54.5. The number of fused-ring (bicyclic) bond motifs is 4. The fourth-order valence-corrected chi connectivity index (χ4v) is 20.2. The Labute approximate surface area is 624 Å². The highest BCUT2D eigenvalue weighted by Crippen LogP contribution is 2.37. The van der Waals surface area contributed by atoms with E-state index in [9.17, 15) is 30.0 Å². The van der Waals surface area contributed by atoms with Gasteiger partial charge in [0, 0.05) is 109 Å². The third kappa shape index (κ3) is 17.7. The van der Waals surface area contributed by atoms with Crippen LogP contribution in [0.4, 0.5) is 41.0 Å². The molecule has 0 bridgehead atoms. The van der Waals surface area contributed by atoms with Crippen LogP contribution in [0.2, 0.25) is 0 Å². The van der Waals surface area contributed by atoms with Crippen LogP contribution in [0.3, 0.4) is 0 Å². The molecule has 0 saturated carbocycles. The van der Waals surface area contributed by atoms with Crippen LogP contribution in [-0.2, 0) is 54.5 Å². The number of nitrogens with one attached hydrogen (secondary N) is 4. The van der Waals surface area contributed by atoms with Crippen molar-refractivity contribution in [1.82, 2.24) is 44.1 Å². The smallest absolute Gasteiger partial charge is 0.240 e. The number of hydrogen-bond acceptors (Lipinski definition) is 25. The van der Waals surface area contributed by atoms with Gasteiger partial charge < -0.3 is 48.9 Å². The lowest BCUT2D eigenvalue weighted by Gasteiger charge is -2.33. The fraction of sp³-hybridized carbons (Fsp3) is 0.438. The number of nitrogens with zero attached hydrogens (tertiary/aromatic N) is 12. The highest BCUT2D eigenvalue weighted by molar-refractivity contribution is 7.90. The molecule has 4 N–H and O–H groups in total. The molecule has 6 aromatic heterocycles. The third-order valence-electron chi connectivity index (χ3n) is 19.6. The number of morpholine rings is 3. The monoisotopic (exact) mass is 1540 g/mol. The van der Waals surface area contributed by atoms with Gasteiger partial charge in [-0.1, -0.05) is 63.2 Å². The Bertz CT molecular complexity index is 5020. The topological polar surface area (TPSA) is 292 Å². The molecule has 0 spiro atoms. The fourth-order valence-electron chi connectivity index (χ4n) is 13.7. The molecular formula is C73H88N16O10S6. The minimum atomic E-state index is -3.66. The van der Waals surface area contributed by atoms with Gasteiger partial charge in [0.25, 0.3) is 0 Å². The van der Waals surface area contributed by atoms with Gasteiger partial charge in [0.05, 0.1) is 85.0 Å². The maximum atomic E-state index is 13.1. The number of ether oxygens (including phenoxy) is 3. The molecule has 0 unspecified atom stereocenters. The van der Waals surface area contributed by atoms with Crippen molar-refractivity contribution in [3.05, 3.63) is 131 Å². The van der Waals surface area contributed by atoms with Gasteiger partial charge >= 0.3 is 0 Å². The zero-order valence-electron chi connectivity index (χ0n) is 59.2. The minimum Gasteiger partial charge on any atom is -0.378 e. The van der Waals surface area contributed by atoms with Gasteiger partial charge in [0.1, 0.15) is 0 Å². The zero-order chi connectivity index (χ0) is 72.9. The summed E-state index contributed by atoms with van der Waals surface area (Å²) in [7, 11) is -10.8. The number of carbonyl (C=O) groups is 1. The van der Waals surface area contributed by atoms with Crippen molar-refractivity contribution < 1.29 is 44.3 Å². The van der Waals surface area contributed by atoms with Crippen LogP contribution in [0, 0.1) is 0 Å². The van der Waals surface area contributed by atoms with Crippen molar-refractivity contribution in [2.75, 3.05) is 153 Å². The normalized spacial score (nSPS) is 18.0. The number of aromatic nitrogens is 6. The first-order chi connectivity index (χ1) is 50.7. The standard InChI is InChI=1S/C25H27N5O3S2.C25H33N5O3S2.C23H28N6O4S2/c31-35(32,21-6-5-18-3-1-2-4-19(18)17-21)28-20-7-10-30(11-8-20)25-26-22-9-16-34-23(22)24(27-25)29-12-14-33-15-13-29;1-25(2,3)18-4-6-20(7-5-18)35(31,32)28-19-8-11-30(12-9-19)24-26-21-10-17-34-22(21)23(27-24)29-13-15-33-16-14-29;1-16(30)24-17-2-4-19(5-3-17)35(31,32)27-18-6-9-29(10-7-18)23-25-20-8-15-34-21(20)22(26-23)28-11-13-33-14-12-28/h1-6,9,16-17,20,28H,7-8,10-15H2;4-7,10,17,19,28H,8-9,11-16H2,1-3H3;2-5,8,15,18,27H,6-7,9-14H2,1H3,(H,24,30). The lowest BCUT2D eigenvalue weighted by molar-refractivity contribution is -0.114. The summed E-state index contributed by atoms with van der Waals surface area (Å²) in [5.41, 5.74) is 4.52. The van der Waals surface area contributed by atoms with Gasteiger partial charge in [-0.3, -0.25) is 4.79 Å². The Morgan fingerprint density at radius 3 is 1.10 bits per heavy atom. The minimum absolute atomic E-state index is 0.0156. The molecule has 6 aliphatic heterocycles. The van der Waals surface area contributed by atoms with E-state index in [-0.39, 0.29) is 34.3 Å². The van der Waals surface area contributed by atoms with E-state index in [2.05, 4.69) is 80.4 Å². The molecule has 1 amide bonds. The first-order valence-electron chi connectivity index (χ1n) is 35.7. The molecule has 6 fully saturated rings. The number of hydrogen-bond donors (Lipinski definition) is 4. The average molecular weight is 1540 g/mol. The Morgan fingerprint density at radius 1 is 0.410 bits per heavy atom. The van der Waals surface area contributed by atoms with Crippen LogP contribution < -0.4 is 48.9 Å². The zero-order valence-corrected chi connectivity index (χ0v) is 64.1. The van der Waals surface area contributed by atoms with Gasteiger partial charge in [-0.2, -0.15) is 15.0 Å². The van der Waals surface area contributed by atoms with Gasteiger partial charge in [0.2, 0.25) is 53.8 Å². The summed E-state index contributed by atoms with van der Waals surface area (Å²) in [6.45, 7) is 21.0. The predicted molar refractivity (Wildman–Crippen MR) is 418 cm³/mol. The highest BCUT2D eigenvalue weighted by Gasteiger charge is 2.32. The maximum Gasteiger partial charge on any atom is 0.240 e. The number of thiophene rings is 3. The first kappa shape index (κ1) is 74.0. The maximum absolute atomic E-state index is 13.1. The summed E-state index contributed by atoms with van der Waals surface area (Å²) in [6, 6.07) is 32.1. The molecule has 10 aromatic rings. The lowest BCUT2D eigenvalue weighted by Crippen LogP contribution is -2.45. The number of piperidine rings is 3. The summed E-state index contributed by atoms with van der Waals surface area (Å²) < 4.78 is 106. The van der Waals surface area contributed by atoms with Crippen LogP contribution in [0.15, 0.2) is 140 Å². The Kier molecular flexibility index (Phi) is 22.8. The van der Waals surface area contributed by atoms with E-state index in [0.29, 0.717) is 145 Å². The van der Waals surface area contributed by atoms with E-state index >= 15 is 0 Å². The highest BCUT2D eigenvalue weighted by atomic mass is 32.2. The van der Waals surface area contributed by atoms with Crippen LogP contribution in [0.5, 0.6) is 0 Å². The van der Waals surface area contributed by atoms with Gasteiger partial charge in [-0.25, -0.2) is 54.4 Å². The van der Waals surface area contributed by atoms with Gasteiger partial charge in [-0.15, -0.1) is 34.0 Å². The second kappa shape index (κ2) is 32.3. The average Bonchev–Trinajstić information content (AvgIpc) is 1.79. The largest absolute Gasteiger partial charge is 0.378 e. The van der Waals surface area contributed by atoms with Crippen molar-refractivity contribution in [3.63, 3.8) is 0 Å². The molecule has 32 heteroatoms. The van der Waals surface area contributed by atoms with Crippen LogP contribution in [0.1, 0.15) is 71.8 Å². The van der Waals surface area contributed by atoms with Crippen molar-refractivity contribution in [2.45, 2.75) is 104 Å². The Hall–Kier alpha value is -7.86. The molecule has 0 radical (unpaired) electrons. The van der Waals surface area contributed by atoms with Crippen molar-refractivity contribution >= 4 is 152 Å². The molecule has 4 aromatic carbocycles. The third-order valence-corrected chi connectivity index (χ3v) is 26.9. The molecule has 6 saturated heterocycles. The first-order valence-corrected chi connectivity index (χ1v) is 42.8. The second-order valence-corrected chi connectivity index (χ2v) is 35.8. The summed E-state index contributed by atoms with van der Waals surface area (Å²) in [5.74, 6) is 4.82. The molecular weight excluding hydrogens is 1450 g/mol. The SMILES string of the molecule is CC(=O)Nc1ccc(S(=O)(=O)NC2CCN(c3nc(N4CCOCC4)c4sccc4n3)CC2)cc1.CC(C)(C)c1ccc(S(=O)(=O)NC2CCN(c3nc(N4CCOCC4)c4sccc4n3)CC2)cc1.O=S(=O)(NC1CCN(c2nc(N3CCOCC3)c3sccc3n2)CC1)c1ccc2ccccc2c1. The quantitative estimate of drug-likeness (QED) is 0.0699. The Balaban J connectivity index is 0.000000133. The number of sulfonamides is 3. The van der Waals surface area contributed by atoms with E-state index in [0.717, 1.165) is 110 Å². The molecule has 6 aliphatic rings. The van der Waals surface area contributed by atoms with Gasteiger partial charge in [0.15, 0.2) is 17.5 Å². The number of anilines is 7. The number of benzene rings is 4. The van der Waals surface area contributed by atoms with Crippen LogP contribution >= 0.6 is 34.0 Å². The molecule has 105 heavy (non-hydrogen) atoms. The number of carbonyl (C=O) groups excluding carboxylic acids is 1. The molecule has 0 aliphatic carbocycles. The molecule has 12 heterocycles. The van der Waals surface area contributed by atoms with E-state index in [4.69, 9.17) is 44.1 Å². The van der Waals surface area contributed by atoms with E-state index in [1.54, 1.807) is 70.4 Å².